The Hall–Kier alpha value is -0.570. The molecule has 1 spiro atoms. The molecule has 2 aliphatic carbocycles. The van der Waals surface area contributed by atoms with Gasteiger partial charge < -0.3 is 5.11 Å². The Bertz CT molecular complexity index is 290. The fourth-order valence-electron chi connectivity index (χ4n) is 3.56. The van der Waals surface area contributed by atoms with Gasteiger partial charge in [0.25, 0.3) is 0 Å². The Kier molecular flexibility index (Phi) is 2.46. The largest absolute Gasteiger partial charge is 0.481 e. The second kappa shape index (κ2) is 3.73. The minimum atomic E-state index is -0.566. The third-order valence-corrected chi connectivity index (χ3v) is 4.80. The molecule has 90 valence electrons. The Morgan fingerprint density at radius 1 is 1.12 bits per heavy atom. The van der Waals surface area contributed by atoms with Crippen LogP contribution in [-0.2, 0) is 4.79 Å². The minimum Gasteiger partial charge on any atom is -0.481 e. The van der Waals surface area contributed by atoms with Crippen molar-refractivity contribution < 1.29 is 9.90 Å². The SMILES string of the molecule is O=C(O)C1CCCCCC1N1CC2(CC2)C1. The molecule has 1 saturated heterocycles. The molecule has 1 heterocycles. The number of rotatable bonds is 2. The zero-order valence-electron chi connectivity index (χ0n) is 9.82. The van der Waals surface area contributed by atoms with Crippen LogP contribution in [0.3, 0.4) is 0 Å². The number of carboxylic acid groups (broad SMARTS) is 1. The molecule has 16 heavy (non-hydrogen) atoms. The molecular formula is C13H21NO2. The second-order valence-corrected chi connectivity index (χ2v) is 6.06. The predicted molar refractivity (Wildman–Crippen MR) is 61.2 cm³/mol. The molecule has 0 aromatic heterocycles. The van der Waals surface area contributed by atoms with Crippen LogP contribution in [0.2, 0.25) is 0 Å². The minimum absolute atomic E-state index is 0.0985. The van der Waals surface area contributed by atoms with E-state index in [0.29, 0.717) is 11.5 Å². The first-order chi connectivity index (χ1) is 7.70. The zero-order valence-corrected chi connectivity index (χ0v) is 9.82. The molecule has 2 unspecified atom stereocenters. The van der Waals surface area contributed by atoms with Crippen LogP contribution in [-0.4, -0.2) is 35.1 Å². The summed E-state index contributed by atoms with van der Waals surface area (Å²) in [6.45, 7) is 2.36. The number of carboxylic acids is 1. The molecule has 2 saturated carbocycles. The second-order valence-electron chi connectivity index (χ2n) is 6.06. The maximum atomic E-state index is 11.3. The third kappa shape index (κ3) is 1.75. The predicted octanol–water partition coefficient (Wildman–Crippen LogP) is 2.12. The molecule has 1 aliphatic heterocycles. The van der Waals surface area contributed by atoms with Crippen molar-refractivity contribution in [2.45, 2.75) is 51.0 Å². The number of carbonyl (C=O) groups is 1. The lowest BCUT2D eigenvalue weighted by Crippen LogP contribution is -2.56. The topological polar surface area (TPSA) is 40.5 Å². The van der Waals surface area contributed by atoms with Crippen molar-refractivity contribution in [3.05, 3.63) is 0 Å². The summed E-state index contributed by atoms with van der Waals surface area (Å²) in [6.07, 6.45) is 8.31. The first kappa shape index (κ1) is 10.6. The van der Waals surface area contributed by atoms with Crippen molar-refractivity contribution in [3.8, 4) is 0 Å². The van der Waals surface area contributed by atoms with Gasteiger partial charge in [-0.1, -0.05) is 19.3 Å². The highest BCUT2D eigenvalue weighted by atomic mass is 16.4. The monoisotopic (exact) mass is 223 g/mol. The molecule has 2 atom stereocenters. The summed E-state index contributed by atoms with van der Waals surface area (Å²) in [4.78, 5) is 13.8. The first-order valence-electron chi connectivity index (χ1n) is 6.67. The van der Waals surface area contributed by atoms with E-state index < -0.39 is 5.97 Å². The van der Waals surface area contributed by atoms with Crippen LogP contribution >= 0.6 is 0 Å². The number of hydrogen-bond acceptors (Lipinski definition) is 2. The van der Waals surface area contributed by atoms with Crippen molar-refractivity contribution in [1.29, 1.82) is 0 Å². The number of hydrogen-bond donors (Lipinski definition) is 1. The fourth-order valence-corrected chi connectivity index (χ4v) is 3.56. The summed E-state index contributed by atoms with van der Waals surface area (Å²) in [5.41, 5.74) is 0.648. The van der Waals surface area contributed by atoms with Crippen molar-refractivity contribution in [2.75, 3.05) is 13.1 Å². The van der Waals surface area contributed by atoms with Gasteiger partial charge in [0.1, 0.15) is 0 Å². The Morgan fingerprint density at radius 3 is 2.44 bits per heavy atom. The van der Waals surface area contributed by atoms with Gasteiger partial charge in [0.15, 0.2) is 0 Å². The Morgan fingerprint density at radius 2 is 1.81 bits per heavy atom. The molecule has 3 rings (SSSR count). The zero-order chi connectivity index (χ0) is 11.2. The summed E-state index contributed by atoms with van der Waals surface area (Å²) in [6, 6.07) is 0.339. The average Bonchev–Trinajstić information content (AvgIpc) is 2.99. The van der Waals surface area contributed by atoms with Crippen LogP contribution < -0.4 is 0 Å². The quantitative estimate of drug-likeness (QED) is 0.729. The van der Waals surface area contributed by atoms with Crippen molar-refractivity contribution in [1.82, 2.24) is 4.90 Å². The van der Waals surface area contributed by atoms with Crippen LogP contribution in [0.25, 0.3) is 0 Å². The van der Waals surface area contributed by atoms with Gasteiger partial charge in [-0.15, -0.1) is 0 Å². The van der Waals surface area contributed by atoms with E-state index in [2.05, 4.69) is 4.90 Å². The maximum Gasteiger partial charge on any atom is 0.308 e. The molecule has 3 heteroatoms. The van der Waals surface area contributed by atoms with Gasteiger partial charge in [-0.3, -0.25) is 9.69 Å². The molecule has 0 aromatic carbocycles. The van der Waals surface area contributed by atoms with Gasteiger partial charge in [0.05, 0.1) is 5.92 Å². The van der Waals surface area contributed by atoms with Crippen molar-refractivity contribution >= 4 is 5.97 Å². The number of aliphatic carboxylic acids is 1. The van der Waals surface area contributed by atoms with E-state index in [0.717, 1.165) is 19.3 Å². The van der Waals surface area contributed by atoms with E-state index in [1.165, 1.54) is 38.8 Å². The smallest absolute Gasteiger partial charge is 0.308 e. The van der Waals surface area contributed by atoms with E-state index in [1.54, 1.807) is 0 Å². The summed E-state index contributed by atoms with van der Waals surface area (Å²) in [5, 5.41) is 9.32. The number of likely N-dealkylation sites (tertiary alicyclic amines) is 1. The lowest BCUT2D eigenvalue weighted by molar-refractivity contribution is -0.146. The van der Waals surface area contributed by atoms with Crippen LogP contribution in [0.4, 0.5) is 0 Å². The van der Waals surface area contributed by atoms with Crippen molar-refractivity contribution in [3.63, 3.8) is 0 Å². The van der Waals surface area contributed by atoms with Gasteiger partial charge in [0.2, 0.25) is 0 Å². The molecule has 3 nitrogen and oxygen atoms in total. The fraction of sp³-hybridized carbons (Fsp3) is 0.923. The molecule has 0 amide bonds. The highest BCUT2D eigenvalue weighted by Gasteiger charge is 2.54. The molecular weight excluding hydrogens is 202 g/mol. The van der Waals surface area contributed by atoms with Crippen LogP contribution in [0, 0.1) is 11.3 Å². The van der Waals surface area contributed by atoms with Gasteiger partial charge >= 0.3 is 5.97 Å². The highest BCUT2D eigenvalue weighted by molar-refractivity contribution is 5.71. The van der Waals surface area contributed by atoms with Gasteiger partial charge in [0, 0.05) is 19.1 Å². The van der Waals surface area contributed by atoms with Gasteiger partial charge in [-0.25, -0.2) is 0 Å². The number of nitrogens with zero attached hydrogens (tertiary/aromatic N) is 1. The third-order valence-electron chi connectivity index (χ3n) is 4.80. The van der Waals surface area contributed by atoms with E-state index in [4.69, 9.17) is 0 Å². The van der Waals surface area contributed by atoms with E-state index >= 15 is 0 Å². The normalized spacial score (nSPS) is 37.8. The molecule has 3 fully saturated rings. The summed E-state index contributed by atoms with van der Waals surface area (Å²) in [5.74, 6) is -0.665. The summed E-state index contributed by atoms with van der Waals surface area (Å²) >= 11 is 0. The highest BCUT2D eigenvalue weighted by Crippen LogP contribution is 2.54. The summed E-state index contributed by atoms with van der Waals surface area (Å²) in [7, 11) is 0. The van der Waals surface area contributed by atoms with Crippen LogP contribution in [0.5, 0.6) is 0 Å². The van der Waals surface area contributed by atoms with Crippen LogP contribution in [0.15, 0.2) is 0 Å². The first-order valence-corrected chi connectivity index (χ1v) is 6.67. The Balaban J connectivity index is 1.66. The standard InChI is InChI=1S/C13H21NO2/c15-12(16)10-4-2-1-3-5-11(10)14-8-13(9-14)6-7-13/h10-11H,1-9H2,(H,15,16). The average molecular weight is 223 g/mol. The molecule has 0 aromatic rings. The van der Waals surface area contributed by atoms with E-state index in [-0.39, 0.29) is 5.92 Å². The molecule has 3 aliphatic rings. The van der Waals surface area contributed by atoms with E-state index in [1.807, 2.05) is 0 Å². The lowest BCUT2D eigenvalue weighted by Gasteiger charge is -2.46. The lowest BCUT2D eigenvalue weighted by atomic mass is 9.86. The maximum absolute atomic E-state index is 11.3. The van der Waals surface area contributed by atoms with Crippen LogP contribution in [0.1, 0.15) is 44.9 Å². The van der Waals surface area contributed by atoms with Gasteiger partial charge in [-0.05, 0) is 31.1 Å². The van der Waals surface area contributed by atoms with E-state index in [9.17, 15) is 9.90 Å². The van der Waals surface area contributed by atoms with Gasteiger partial charge in [-0.2, -0.15) is 0 Å². The van der Waals surface area contributed by atoms with Crippen molar-refractivity contribution in [2.24, 2.45) is 11.3 Å². The molecule has 0 bridgehead atoms. The Labute approximate surface area is 96.8 Å². The molecule has 0 radical (unpaired) electrons. The molecule has 1 N–H and O–H groups in total. The summed E-state index contributed by atoms with van der Waals surface area (Å²) < 4.78 is 0.